The minimum atomic E-state index is -0.423. The van der Waals surface area contributed by atoms with Gasteiger partial charge in [-0.2, -0.15) is 0 Å². The SMILES string of the molecule is CN(C)C(=O)c1cc[nH]c1C1CCCN(Cc2cc(F)ccc2F)C1. The van der Waals surface area contributed by atoms with Crippen LogP contribution in [-0.2, 0) is 6.54 Å². The summed E-state index contributed by atoms with van der Waals surface area (Å²) in [5, 5.41) is 0. The Hall–Kier alpha value is -2.21. The molecule has 25 heavy (non-hydrogen) atoms. The molecular weight excluding hydrogens is 324 g/mol. The molecule has 1 aliphatic heterocycles. The Morgan fingerprint density at radius 2 is 2.12 bits per heavy atom. The second kappa shape index (κ2) is 7.35. The summed E-state index contributed by atoms with van der Waals surface area (Å²) in [4.78, 5) is 19.2. The monoisotopic (exact) mass is 347 g/mol. The van der Waals surface area contributed by atoms with Gasteiger partial charge in [0.05, 0.1) is 5.56 Å². The number of hydrogen-bond acceptors (Lipinski definition) is 2. The van der Waals surface area contributed by atoms with Crippen LogP contribution in [0.4, 0.5) is 8.78 Å². The number of benzene rings is 1. The van der Waals surface area contributed by atoms with Gasteiger partial charge in [0.15, 0.2) is 0 Å². The van der Waals surface area contributed by atoms with Crippen LogP contribution in [0.3, 0.4) is 0 Å². The molecule has 6 heteroatoms. The van der Waals surface area contributed by atoms with Crippen LogP contribution < -0.4 is 0 Å². The van der Waals surface area contributed by atoms with Crippen LogP contribution in [0.5, 0.6) is 0 Å². The molecule has 2 aromatic rings. The number of hydrogen-bond donors (Lipinski definition) is 1. The van der Waals surface area contributed by atoms with Crippen molar-refractivity contribution in [2.45, 2.75) is 25.3 Å². The van der Waals surface area contributed by atoms with Crippen molar-refractivity contribution in [1.29, 1.82) is 0 Å². The summed E-state index contributed by atoms with van der Waals surface area (Å²) < 4.78 is 27.3. The van der Waals surface area contributed by atoms with E-state index in [4.69, 9.17) is 0 Å². The number of likely N-dealkylation sites (tertiary alicyclic amines) is 1. The molecule has 0 bridgehead atoms. The van der Waals surface area contributed by atoms with Crippen molar-refractivity contribution >= 4 is 5.91 Å². The summed E-state index contributed by atoms with van der Waals surface area (Å²) in [6.45, 7) is 1.92. The first-order valence-corrected chi connectivity index (χ1v) is 8.51. The number of nitrogens with zero attached hydrogens (tertiary/aromatic N) is 2. The van der Waals surface area contributed by atoms with Gasteiger partial charge in [-0.15, -0.1) is 0 Å². The van der Waals surface area contributed by atoms with Crippen LogP contribution in [0.2, 0.25) is 0 Å². The molecule has 134 valence electrons. The molecule has 1 unspecified atom stereocenters. The Morgan fingerprint density at radius 1 is 1.32 bits per heavy atom. The number of carbonyl (C=O) groups is 1. The van der Waals surface area contributed by atoms with E-state index in [0.29, 0.717) is 24.2 Å². The zero-order chi connectivity index (χ0) is 18.0. The molecule has 1 aromatic heterocycles. The lowest BCUT2D eigenvalue weighted by Gasteiger charge is -2.33. The van der Waals surface area contributed by atoms with Gasteiger partial charge >= 0.3 is 0 Å². The van der Waals surface area contributed by atoms with Crippen LogP contribution in [0, 0.1) is 11.6 Å². The maximum atomic E-state index is 13.9. The van der Waals surface area contributed by atoms with Crippen molar-refractivity contribution < 1.29 is 13.6 Å². The van der Waals surface area contributed by atoms with E-state index >= 15 is 0 Å². The van der Waals surface area contributed by atoms with E-state index in [1.54, 1.807) is 25.2 Å². The minimum absolute atomic E-state index is 0.0236. The highest BCUT2D eigenvalue weighted by atomic mass is 19.1. The lowest BCUT2D eigenvalue weighted by Crippen LogP contribution is -2.35. The standard InChI is InChI=1S/C19H23F2N3O/c1-23(2)19(25)16-7-8-22-18(16)13-4-3-9-24(11-13)12-14-10-15(20)5-6-17(14)21/h5-8,10,13,22H,3-4,9,11-12H2,1-2H3. The minimum Gasteiger partial charge on any atom is -0.364 e. The number of H-pyrrole nitrogens is 1. The normalized spacial score (nSPS) is 18.3. The van der Waals surface area contributed by atoms with Crippen molar-refractivity contribution in [1.82, 2.24) is 14.8 Å². The first-order chi connectivity index (χ1) is 12.0. The molecule has 1 N–H and O–H groups in total. The number of rotatable bonds is 4. The maximum Gasteiger partial charge on any atom is 0.255 e. The van der Waals surface area contributed by atoms with E-state index in [0.717, 1.165) is 31.1 Å². The van der Waals surface area contributed by atoms with E-state index < -0.39 is 5.82 Å². The third-order valence-electron chi connectivity index (χ3n) is 4.73. The van der Waals surface area contributed by atoms with E-state index in [-0.39, 0.29) is 17.6 Å². The van der Waals surface area contributed by atoms with E-state index in [1.165, 1.54) is 12.1 Å². The Kier molecular flexibility index (Phi) is 5.18. The summed E-state index contributed by atoms with van der Waals surface area (Å²) in [7, 11) is 3.47. The summed E-state index contributed by atoms with van der Waals surface area (Å²) in [5.41, 5.74) is 1.99. The van der Waals surface area contributed by atoms with Gasteiger partial charge in [0.2, 0.25) is 0 Å². The zero-order valence-corrected chi connectivity index (χ0v) is 14.6. The first-order valence-electron chi connectivity index (χ1n) is 8.51. The smallest absolute Gasteiger partial charge is 0.255 e. The molecule has 1 aliphatic rings. The molecule has 2 heterocycles. The number of aromatic amines is 1. The van der Waals surface area contributed by atoms with E-state index in [1.807, 2.05) is 6.07 Å². The molecular formula is C19H23F2N3O. The Balaban J connectivity index is 1.75. The molecule has 3 rings (SSSR count). The number of carbonyl (C=O) groups excluding carboxylic acids is 1. The topological polar surface area (TPSA) is 39.3 Å². The molecule has 4 nitrogen and oxygen atoms in total. The fourth-order valence-electron chi connectivity index (χ4n) is 3.49. The molecule has 1 amide bonds. The summed E-state index contributed by atoms with van der Waals surface area (Å²) in [6.07, 6.45) is 3.71. The van der Waals surface area contributed by atoms with Crippen LogP contribution >= 0.6 is 0 Å². The summed E-state index contributed by atoms with van der Waals surface area (Å²) in [5.74, 6) is -0.649. The van der Waals surface area contributed by atoms with Gasteiger partial charge < -0.3 is 9.88 Å². The third kappa shape index (κ3) is 3.90. The molecule has 1 atom stereocenters. The van der Waals surface area contributed by atoms with Gasteiger partial charge in [0.1, 0.15) is 11.6 Å². The molecule has 1 aromatic carbocycles. The molecule has 0 spiro atoms. The molecule has 1 fully saturated rings. The molecule has 0 radical (unpaired) electrons. The van der Waals surface area contributed by atoms with Crippen molar-refractivity contribution in [3.63, 3.8) is 0 Å². The van der Waals surface area contributed by atoms with E-state index in [2.05, 4.69) is 9.88 Å². The third-order valence-corrected chi connectivity index (χ3v) is 4.73. The van der Waals surface area contributed by atoms with Gasteiger partial charge in [-0.3, -0.25) is 9.69 Å². The molecule has 1 saturated heterocycles. The maximum absolute atomic E-state index is 13.9. The second-order valence-corrected chi connectivity index (χ2v) is 6.81. The fraction of sp³-hybridized carbons (Fsp3) is 0.421. The average molecular weight is 347 g/mol. The van der Waals surface area contributed by atoms with E-state index in [9.17, 15) is 13.6 Å². The Morgan fingerprint density at radius 3 is 2.88 bits per heavy atom. The zero-order valence-electron chi connectivity index (χ0n) is 14.6. The highest BCUT2D eigenvalue weighted by Gasteiger charge is 2.27. The summed E-state index contributed by atoms with van der Waals surface area (Å²) in [6, 6.07) is 5.37. The highest BCUT2D eigenvalue weighted by Crippen LogP contribution is 2.30. The number of piperidine rings is 1. The second-order valence-electron chi connectivity index (χ2n) is 6.81. The summed E-state index contributed by atoms with van der Waals surface area (Å²) >= 11 is 0. The molecule has 0 saturated carbocycles. The lowest BCUT2D eigenvalue weighted by molar-refractivity contribution is 0.0825. The quantitative estimate of drug-likeness (QED) is 0.921. The lowest BCUT2D eigenvalue weighted by atomic mass is 9.92. The Labute approximate surface area is 146 Å². The van der Waals surface area contributed by atoms with Crippen LogP contribution in [0.15, 0.2) is 30.5 Å². The average Bonchev–Trinajstić information content (AvgIpc) is 3.07. The predicted octanol–water partition coefficient (Wildman–Crippen LogP) is 3.37. The predicted molar refractivity (Wildman–Crippen MR) is 92.4 cm³/mol. The largest absolute Gasteiger partial charge is 0.364 e. The van der Waals surface area contributed by atoms with Gasteiger partial charge in [-0.1, -0.05) is 0 Å². The number of amides is 1. The number of aromatic nitrogens is 1. The van der Waals surface area contributed by atoms with Gasteiger partial charge in [0.25, 0.3) is 5.91 Å². The van der Waals surface area contributed by atoms with Crippen molar-refractivity contribution in [3.8, 4) is 0 Å². The first kappa shape index (κ1) is 17.6. The van der Waals surface area contributed by atoms with Crippen molar-refractivity contribution in [3.05, 3.63) is 58.9 Å². The van der Waals surface area contributed by atoms with Gasteiger partial charge in [-0.25, -0.2) is 8.78 Å². The number of halogens is 2. The highest BCUT2D eigenvalue weighted by molar-refractivity contribution is 5.95. The van der Waals surface area contributed by atoms with Gasteiger partial charge in [-0.05, 0) is 43.7 Å². The van der Waals surface area contributed by atoms with Gasteiger partial charge in [0, 0.05) is 50.6 Å². The van der Waals surface area contributed by atoms with Crippen LogP contribution in [0.1, 0.15) is 40.4 Å². The fourth-order valence-corrected chi connectivity index (χ4v) is 3.49. The molecule has 0 aliphatic carbocycles. The van der Waals surface area contributed by atoms with Crippen LogP contribution in [-0.4, -0.2) is 47.9 Å². The Bertz CT molecular complexity index is 757. The number of nitrogens with one attached hydrogen (secondary N) is 1. The van der Waals surface area contributed by atoms with Crippen molar-refractivity contribution in [2.24, 2.45) is 0 Å². The van der Waals surface area contributed by atoms with Crippen LogP contribution in [0.25, 0.3) is 0 Å². The van der Waals surface area contributed by atoms with Crippen molar-refractivity contribution in [2.75, 3.05) is 27.2 Å².